The number of nitrogens with two attached hydrogens (primary N) is 1. The first-order chi connectivity index (χ1) is 18.6. The van der Waals surface area contributed by atoms with E-state index in [1.54, 1.807) is 35.2 Å². The molecule has 0 spiro atoms. The molecule has 2 aliphatic heterocycles. The molecule has 4 N–H and O–H groups in total. The molecule has 11 heteroatoms. The molecule has 0 atom stereocenters. The number of aromatic nitrogens is 1. The Kier molecular flexibility index (Phi) is 6.48. The van der Waals surface area contributed by atoms with Gasteiger partial charge >= 0.3 is 0 Å². The third-order valence-electron chi connectivity index (χ3n) is 6.91. The normalized spacial score (nSPS) is 14.5. The summed E-state index contributed by atoms with van der Waals surface area (Å²) >= 11 is 0. The number of alkyl halides is 2. The van der Waals surface area contributed by atoms with E-state index < -0.39 is 11.8 Å². The van der Waals surface area contributed by atoms with E-state index in [4.69, 9.17) is 11.1 Å². The van der Waals surface area contributed by atoms with E-state index >= 15 is 0 Å². The second kappa shape index (κ2) is 9.79. The number of amidine groups is 1. The predicted molar refractivity (Wildman–Crippen MR) is 142 cm³/mol. The average molecular weight is 530 g/mol. The number of fused-ring (bicyclic) bond motifs is 1. The van der Waals surface area contributed by atoms with Crippen LogP contribution in [-0.2, 0) is 17.3 Å². The zero-order chi connectivity index (χ0) is 27.9. The van der Waals surface area contributed by atoms with Gasteiger partial charge in [-0.2, -0.15) is 5.26 Å². The Labute approximate surface area is 223 Å². The SMILES string of the molecule is CC(F)(F)c1cccc2c1CN(c1cc(-c3cc(C#N)ccc3C(=N)N)cc(NCC(=O)N3CCC3)n1)C2=O. The lowest BCUT2D eigenvalue weighted by molar-refractivity contribution is -0.132. The highest BCUT2D eigenvalue weighted by Crippen LogP contribution is 2.38. The molecule has 0 aliphatic carbocycles. The van der Waals surface area contributed by atoms with Crippen LogP contribution in [0.5, 0.6) is 0 Å². The zero-order valence-corrected chi connectivity index (χ0v) is 21.1. The van der Waals surface area contributed by atoms with Gasteiger partial charge in [0, 0.05) is 36.7 Å². The molecule has 2 aromatic carbocycles. The van der Waals surface area contributed by atoms with Gasteiger partial charge in [-0.15, -0.1) is 0 Å². The van der Waals surface area contributed by atoms with Crippen LogP contribution >= 0.6 is 0 Å². The Bertz CT molecular complexity index is 1550. The van der Waals surface area contributed by atoms with Crippen molar-refractivity contribution in [1.29, 1.82) is 10.7 Å². The van der Waals surface area contributed by atoms with Crippen LogP contribution in [0.4, 0.5) is 20.4 Å². The number of carbonyl (C=O) groups excluding carboxylic acids is 2. The minimum Gasteiger partial charge on any atom is -0.384 e. The van der Waals surface area contributed by atoms with Crippen molar-refractivity contribution in [2.75, 3.05) is 29.9 Å². The number of nitrogens with one attached hydrogen (secondary N) is 2. The fraction of sp³-hybridized carbons (Fsp3) is 0.250. The highest BCUT2D eigenvalue weighted by Gasteiger charge is 2.37. The van der Waals surface area contributed by atoms with Crippen molar-refractivity contribution >= 4 is 29.3 Å². The van der Waals surface area contributed by atoms with E-state index in [1.165, 1.54) is 23.1 Å². The van der Waals surface area contributed by atoms with Crippen LogP contribution in [0.3, 0.4) is 0 Å². The van der Waals surface area contributed by atoms with E-state index in [0.717, 1.165) is 13.3 Å². The molecule has 3 aromatic rings. The summed E-state index contributed by atoms with van der Waals surface area (Å²) in [7, 11) is 0. The molecular formula is C28H25F2N7O2. The Hall–Kier alpha value is -4.85. The molecule has 0 bridgehead atoms. The van der Waals surface area contributed by atoms with Gasteiger partial charge < -0.3 is 16.0 Å². The van der Waals surface area contributed by atoms with Crippen LogP contribution in [0.2, 0.25) is 0 Å². The van der Waals surface area contributed by atoms with Crippen molar-refractivity contribution in [3.63, 3.8) is 0 Å². The number of hydrogen-bond acceptors (Lipinski definition) is 6. The maximum Gasteiger partial charge on any atom is 0.270 e. The van der Waals surface area contributed by atoms with Gasteiger partial charge in [-0.3, -0.25) is 19.9 Å². The van der Waals surface area contributed by atoms with E-state index in [0.29, 0.717) is 35.3 Å². The summed E-state index contributed by atoms with van der Waals surface area (Å²) in [6.45, 7) is 2.01. The standard InChI is InChI=1S/C28H25F2N7O2/c1-28(29,30)22-5-2-4-19-21(22)15-37(27(19)39)24-12-17(20-10-16(13-31)6-7-18(20)26(32)33)11-23(35-24)34-14-25(38)36-8-3-9-36/h2,4-7,10-12H,3,8-9,14-15H2,1H3,(H3,32,33)(H,34,35). The van der Waals surface area contributed by atoms with E-state index in [1.807, 2.05) is 0 Å². The first-order valence-electron chi connectivity index (χ1n) is 12.3. The average Bonchev–Trinajstić information content (AvgIpc) is 3.21. The molecular weight excluding hydrogens is 504 g/mol. The van der Waals surface area contributed by atoms with Crippen LogP contribution in [0, 0.1) is 16.7 Å². The third-order valence-corrected chi connectivity index (χ3v) is 6.91. The highest BCUT2D eigenvalue weighted by atomic mass is 19.3. The zero-order valence-electron chi connectivity index (χ0n) is 21.1. The lowest BCUT2D eigenvalue weighted by Crippen LogP contribution is -2.44. The third kappa shape index (κ3) is 4.88. The fourth-order valence-electron chi connectivity index (χ4n) is 4.76. The van der Waals surface area contributed by atoms with Crippen molar-refractivity contribution in [2.45, 2.75) is 25.8 Å². The number of anilines is 2. The molecule has 198 valence electrons. The number of nitrogens with zero attached hydrogens (tertiary/aromatic N) is 4. The number of likely N-dealkylation sites (tertiary alicyclic amines) is 1. The quantitative estimate of drug-likeness (QED) is 0.314. The van der Waals surface area contributed by atoms with Crippen LogP contribution in [0.1, 0.15) is 46.0 Å². The fourth-order valence-corrected chi connectivity index (χ4v) is 4.76. The minimum absolute atomic E-state index is 0.0337. The summed E-state index contributed by atoms with van der Waals surface area (Å²) in [5, 5.41) is 20.5. The number of pyridine rings is 1. The molecule has 39 heavy (non-hydrogen) atoms. The molecule has 1 saturated heterocycles. The Morgan fingerprint density at radius 3 is 2.62 bits per heavy atom. The smallest absolute Gasteiger partial charge is 0.270 e. The largest absolute Gasteiger partial charge is 0.384 e. The van der Waals surface area contributed by atoms with Crippen LogP contribution in [0.15, 0.2) is 48.5 Å². The molecule has 5 rings (SSSR count). The Morgan fingerprint density at radius 1 is 1.21 bits per heavy atom. The molecule has 0 radical (unpaired) electrons. The van der Waals surface area contributed by atoms with Gasteiger partial charge in [0.05, 0.1) is 24.7 Å². The predicted octanol–water partition coefficient (Wildman–Crippen LogP) is 3.82. The topological polar surface area (TPSA) is 139 Å². The molecule has 0 unspecified atom stereocenters. The maximum atomic E-state index is 14.3. The van der Waals surface area contributed by atoms with Crippen molar-refractivity contribution in [3.8, 4) is 17.2 Å². The molecule has 1 fully saturated rings. The van der Waals surface area contributed by atoms with E-state index in [-0.39, 0.29) is 53.2 Å². The van der Waals surface area contributed by atoms with Gasteiger partial charge in [0.1, 0.15) is 17.5 Å². The highest BCUT2D eigenvalue weighted by molar-refractivity contribution is 6.10. The molecule has 3 heterocycles. The summed E-state index contributed by atoms with van der Waals surface area (Å²) in [6.07, 6.45) is 0.948. The number of hydrogen-bond donors (Lipinski definition) is 3. The summed E-state index contributed by atoms with van der Waals surface area (Å²) in [4.78, 5) is 33.4. The van der Waals surface area contributed by atoms with Gasteiger partial charge in [0.15, 0.2) is 0 Å². The van der Waals surface area contributed by atoms with E-state index in [2.05, 4.69) is 16.4 Å². The Morgan fingerprint density at radius 2 is 1.97 bits per heavy atom. The maximum absolute atomic E-state index is 14.3. The lowest BCUT2D eigenvalue weighted by atomic mass is 9.97. The van der Waals surface area contributed by atoms with Gasteiger partial charge in [0.25, 0.3) is 11.8 Å². The number of halogens is 2. The van der Waals surface area contributed by atoms with Crippen molar-refractivity contribution in [3.05, 3.63) is 76.3 Å². The lowest BCUT2D eigenvalue weighted by Gasteiger charge is -2.31. The number of carbonyl (C=O) groups is 2. The molecule has 2 amide bonds. The second-order valence-electron chi connectivity index (χ2n) is 9.58. The summed E-state index contributed by atoms with van der Waals surface area (Å²) in [5.41, 5.74) is 7.59. The molecule has 1 aromatic heterocycles. The number of benzene rings is 2. The number of amides is 2. The first kappa shape index (κ1) is 25.8. The summed E-state index contributed by atoms with van der Waals surface area (Å²) < 4.78 is 28.7. The monoisotopic (exact) mass is 529 g/mol. The van der Waals surface area contributed by atoms with Crippen LogP contribution in [-0.4, -0.2) is 47.2 Å². The summed E-state index contributed by atoms with van der Waals surface area (Å²) in [6, 6.07) is 14.2. The number of nitriles is 1. The van der Waals surface area contributed by atoms with E-state index in [9.17, 15) is 23.6 Å². The first-order valence-corrected chi connectivity index (χ1v) is 12.3. The van der Waals surface area contributed by atoms with Crippen LogP contribution < -0.4 is 16.0 Å². The van der Waals surface area contributed by atoms with Gasteiger partial charge in [-0.25, -0.2) is 13.8 Å². The van der Waals surface area contributed by atoms with Crippen LogP contribution in [0.25, 0.3) is 11.1 Å². The van der Waals surface area contributed by atoms with Gasteiger partial charge in [-0.05, 0) is 59.5 Å². The van der Waals surface area contributed by atoms with Gasteiger partial charge in [-0.1, -0.05) is 12.1 Å². The molecule has 0 saturated carbocycles. The number of rotatable bonds is 7. The van der Waals surface area contributed by atoms with Crippen molar-refractivity contribution in [2.24, 2.45) is 5.73 Å². The van der Waals surface area contributed by atoms with Crippen molar-refractivity contribution in [1.82, 2.24) is 9.88 Å². The van der Waals surface area contributed by atoms with Crippen molar-refractivity contribution < 1.29 is 18.4 Å². The molecule has 9 nitrogen and oxygen atoms in total. The Balaban J connectivity index is 1.59. The number of nitrogen functional groups attached to an aromatic ring is 1. The summed E-state index contributed by atoms with van der Waals surface area (Å²) in [5.74, 6) is -3.54. The molecule has 2 aliphatic rings. The second-order valence-corrected chi connectivity index (χ2v) is 9.58. The van der Waals surface area contributed by atoms with Gasteiger partial charge in [0.2, 0.25) is 5.91 Å². The minimum atomic E-state index is -3.14.